The van der Waals surface area contributed by atoms with Gasteiger partial charge >= 0.3 is 0 Å². The number of carbonyl (C=O) groups excluding carboxylic acids is 1. The summed E-state index contributed by atoms with van der Waals surface area (Å²) in [7, 11) is 1.94. The molecule has 3 aromatic rings. The van der Waals surface area contributed by atoms with Crippen LogP contribution >= 0.6 is 11.6 Å². The van der Waals surface area contributed by atoms with Crippen LogP contribution in [0, 0.1) is 0 Å². The number of fused-ring (bicyclic) bond motifs is 1. The lowest BCUT2D eigenvalue weighted by Crippen LogP contribution is -2.42. The van der Waals surface area contributed by atoms with Crippen molar-refractivity contribution in [2.75, 3.05) is 11.4 Å². The van der Waals surface area contributed by atoms with Gasteiger partial charge in [0.1, 0.15) is 5.65 Å². The smallest absolute Gasteiger partial charge is 0.250 e. The summed E-state index contributed by atoms with van der Waals surface area (Å²) in [5, 5.41) is 5.67. The minimum Gasteiger partial charge on any atom is -0.335 e. The number of rotatable bonds is 6. The summed E-state index contributed by atoms with van der Waals surface area (Å²) in [5.41, 5.74) is 11.6. The molecule has 0 bridgehead atoms. The first-order valence-corrected chi connectivity index (χ1v) is 9.58. The number of aryl methyl sites for hydroxylation is 1. The van der Waals surface area contributed by atoms with E-state index in [0.717, 1.165) is 22.2 Å². The molecule has 1 amide bonds. The third kappa shape index (κ3) is 4.05. The Bertz CT molecular complexity index is 1160. The third-order valence-electron chi connectivity index (χ3n) is 4.67. The quantitative estimate of drug-likeness (QED) is 0.533. The molecule has 0 fully saturated rings. The van der Waals surface area contributed by atoms with E-state index in [1.165, 1.54) is 6.08 Å². The largest absolute Gasteiger partial charge is 0.335 e. The normalized spacial score (nSPS) is 13.2. The zero-order chi connectivity index (χ0) is 21.1. The topological polar surface area (TPSA) is 86.6 Å². The first kappa shape index (κ1) is 19.7. The second-order valence-electron chi connectivity index (χ2n) is 6.69. The maximum atomic E-state index is 12.5. The lowest BCUT2D eigenvalue weighted by atomic mass is 10.1. The Labute approximate surface area is 178 Å². The SMILES string of the molecule is C=CC(=O)N(CC1=NNNN1)c1cnc2c(c1)c(/C=C/c1ccc(Cl)cc1)cn2C. The number of halogens is 1. The fourth-order valence-electron chi connectivity index (χ4n) is 3.17. The van der Waals surface area contributed by atoms with Gasteiger partial charge in [-0.3, -0.25) is 15.1 Å². The molecule has 1 aliphatic heterocycles. The van der Waals surface area contributed by atoms with Crippen LogP contribution in [0.3, 0.4) is 0 Å². The number of pyridine rings is 1. The maximum absolute atomic E-state index is 12.5. The summed E-state index contributed by atoms with van der Waals surface area (Å²) >= 11 is 5.96. The number of benzene rings is 1. The molecule has 0 atom stereocenters. The molecule has 0 spiro atoms. The molecule has 0 unspecified atom stereocenters. The van der Waals surface area contributed by atoms with Crippen molar-refractivity contribution in [1.82, 2.24) is 26.0 Å². The van der Waals surface area contributed by atoms with Crippen LogP contribution < -0.4 is 21.4 Å². The van der Waals surface area contributed by atoms with Gasteiger partial charge < -0.3 is 4.57 Å². The molecule has 9 heteroatoms. The van der Waals surface area contributed by atoms with Gasteiger partial charge in [0.15, 0.2) is 5.84 Å². The van der Waals surface area contributed by atoms with Gasteiger partial charge in [0.2, 0.25) is 0 Å². The van der Waals surface area contributed by atoms with Gasteiger partial charge in [0.25, 0.3) is 5.91 Å². The average molecular weight is 422 g/mol. The lowest BCUT2D eigenvalue weighted by Gasteiger charge is -2.20. The number of nitrogens with zero attached hydrogens (tertiary/aromatic N) is 4. The summed E-state index contributed by atoms with van der Waals surface area (Å²) in [6, 6.07) is 9.56. The van der Waals surface area contributed by atoms with Gasteiger partial charge in [-0.25, -0.2) is 10.5 Å². The van der Waals surface area contributed by atoms with E-state index < -0.39 is 0 Å². The van der Waals surface area contributed by atoms with Crippen molar-refractivity contribution in [3.05, 3.63) is 71.5 Å². The summed E-state index contributed by atoms with van der Waals surface area (Å²) in [6.45, 7) is 3.84. The van der Waals surface area contributed by atoms with Gasteiger partial charge in [0, 0.05) is 29.2 Å². The summed E-state index contributed by atoms with van der Waals surface area (Å²) in [4.78, 5) is 18.6. The molecule has 1 aliphatic rings. The van der Waals surface area contributed by atoms with E-state index in [0.29, 0.717) is 16.5 Å². The van der Waals surface area contributed by atoms with Crippen LogP contribution in [-0.4, -0.2) is 27.8 Å². The van der Waals surface area contributed by atoms with Crippen molar-refractivity contribution in [2.45, 2.75) is 0 Å². The number of amidine groups is 1. The van der Waals surface area contributed by atoms with Crippen molar-refractivity contribution in [1.29, 1.82) is 0 Å². The van der Waals surface area contributed by atoms with Crippen LogP contribution in [0.15, 0.2) is 60.5 Å². The van der Waals surface area contributed by atoms with Crippen molar-refractivity contribution >= 4 is 52.2 Å². The molecule has 30 heavy (non-hydrogen) atoms. The number of nitrogens with one attached hydrogen (secondary N) is 3. The van der Waals surface area contributed by atoms with Crippen LogP contribution in [-0.2, 0) is 11.8 Å². The number of hydrogen-bond donors (Lipinski definition) is 3. The van der Waals surface area contributed by atoms with E-state index in [2.05, 4.69) is 33.2 Å². The Morgan fingerprint density at radius 3 is 2.80 bits per heavy atom. The monoisotopic (exact) mass is 421 g/mol. The number of aromatic nitrogens is 2. The molecule has 8 nitrogen and oxygen atoms in total. The van der Waals surface area contributed by atoms with Gasteiger partial charge in [-0.2, -0.15) is 0 Å². The molecule has 4 rings (SSSR count). The number of anilines is 1. The van der Waals surface area contributed by atoms with E-state index in [1.807, 2.05) is 60.3 Å². The molecule has 0 aliphatic carbocycles. The summed E-state index contributed by atoms with van der Waals surface area (Å²) < 4.78 is 1.96. The number of amides is 1. The highest BCUT2D eigenvalue weighted by molar-refractivity contribution is 6.30. The molecule has 152 valence electrons. The zero-order valence-electron chi connectivity index (χ0n) is 16.3. The number of hydrogen-bond acceptors (Lipinski definition) is 6. The minimum atomic E-state index is -0.248. The van der Waals surface area contributed by atoms with Crippen LogP contribution in [0.2, 0.25) is 5.02 Å². The Morgan fingerprint density at radius 2 is 2.10 bits per heavy atom. The van der Waals surface area contributed by atoms with Crippen LogP contribution in [0.25, 0.3) is 23.2 Å². The molecule has 2 aromatic heterocycles. The lowest BCUT2D eigenvalue weighted by molar-refractivity contribution is -0.114. The highest BCUT2D eigenvalue weighted by atomic mass is 35.5. The van der Waals surface area contributed by atoms with Crippen LogP contribution in [0.1, 0.15) is 11.1 Å². The van der Waals surface area contributed by atoms with Gasteiger partial charge in [-0.05, 0) is 29.8 Å². The van der Waals surface area contributed by atoms with Crippen molar-refractivity contribution in [3.8, 4) is 0 Å². The van der Waals surface area contributed by atoms with Gasteiger partial charge in [-0.1, -0.05) is 42.5 Å². The Kier molecular flexibility index (Phi) is 5.51. The first-order valence-electron chi connectivity index (χ1n) is 9.20. The highest BCUT2D eigenvalue weighted by Gasteiger charge is 2.19. The van der Waals surface area contributed by atoms with Crippen LogP contribution in [0.4, 0.5) is 5.69 Å². The zero-order valence-corrected chi connectivity index (χ0v) is 17.0. The van der Waals surface area contributed by atoms with E-state index in [1.54, 1.807) is 11.1 Å². The van der Waals surface area contributed by atoms with Gasteiger partial charge in [-0.15, -0.1) is 10.6 Å². The third-order valence-corrected chi connectivity index (χ3v) is 4.92. The van der Waals surface area contributed by atoms with Crippen molar-refractivity contribution in [3.63, 3.8) is 0 Å². The molecule has 0 radical (unpaired) electrons. The summed E-state index contributed by atoms with van der Waals surface area (Å²) in [6.07, 6.45) is 8.98. The standard InChI is InChI=1S/C21H20ClN7O/c1-3-20(30)29(13-19-24-26-27-25-19)17-10-18-15(12-28(2)21(18)23-11-17)7-4-14-5-8-16(22)9-6-14/h3-12,26-27H,1,13H2,2H3,(H,24,25)/b7-4+. The Balaban J connectivity index is 1.71. The summed E-state index contributed by atoms with van der Waals surface area (Å²) in [5.74, 6) is 0.322. The number of hydrazine groups is 2. The van der Waals surface area contributed by atoms with Crippen molar-refractivity contribution < 1.29 is 4.79 Å². The number of carbonyl (C=O) groups is 1. The van der Waals surface area contributed by atoms with E-state index >= 15 is 0 Å². The second-order valence-corrected chi connectivity index (χ2v) is 7.13. The molecule has 0 saturated heterocycles. The fourth-order valence-corrected chi connectivity index (χ4v) is 3.30. The molecule has 3 N–H and O–H groups in total. The predicted molar refractivity (Wildman–Crippen MR) is 120 cm³/mol. The van der Waals surface area contributed by atoms with Crippen molar-refractivity contribution in [2.24, 2.45) is 12.1 Å². The van der Waals surface area contributed by atoms with E-state index in [9.17, 15) is 4.79 Å². The number of hydrazone groups is 1. The second kappa shape index (κ2) is 8.40. The molecular weight excluding hydrogens is 402 g/mol. The van der Waals surface area contributed by atoms with Gasteiger partial charge in [0.05, 0.1) is 18.4 Å². The predicted octanol–water partition coefficient (Wildman–Crippen LogP) is 2.84. The average Bonchev–Trinajstić information content (AvgIpc) is 3.38. The Hall–Kier alpha value is -3.62. The molecular formula is C21H20ClN7O. The first-order chi connectivity index (χ1) is 14.5. The maximum Gasteiger partial charge on any atom is 0.250 e. The van der Waals surface area contributed by atoms with E-state index in [4.69, 9.17) is 11.6 Å². The highest BCUT2D eigenvalue weighted by Crippen LogP contribution is 2.26. The molecule has 3 heterocycles. The molecule has 0 saturated carbocycles. The minimum absolute atomic E-state index is 0.237. The Morgan fingerprint density at radius 1 is 1.30 bits per heavy atom. The van der Waals surface area contributed by atoms with Crippen LogP contribution in [0.5, 0.6) is 0 Å². The fraction of sp³-hybridized carbons (Fsp3) is 0.0952. The van der Waals surface area contributed by atoms with E-state index in [-0.39, 0.29) is 12.5 Å². The molecule has 1 aromatic carbocycles.